The van der Waals surface area contributed by atoms with Gasteiger partial charge in [0.05, 0.1) is 16.9 Å². The number of para-hydroxylation sites is 1. The van der Waals surface area contributed by atoms with E-state index in [-0.39, 0.29) is 5.56 Å². The molecular weight excluding hydrogens is 450 g/mol. The predicted molar refractivity (Wildman–Crippen MR) is 131 cm³/mol. The van der Waals surface area contributed by atoms with E-state index in [9.17, 15) is 13.8 Å². The van der Waals surface area contributed by atoms with E-state index in [0.29, 0.717) is 16.4 Å². The molecule has 0 saturated heterocycles. The molecule has 0 aliphatic heterocycles. The molecule has 8 heteroatoms. The van der Waals surface area contributed by atoms with Crippen molar-refractivity contribution in [1.29, 1.82) is 0 Å². The molecule has 34 heavy (non-hydrogen) atoms. The average Bonchev–Trinajstić information content (AvgIpc) is 3.27. The van der Waals surface area contributed by atoms with Crippen LogP contribution in [0.2, 0.25) is 0 Å². The summed E-state index contributed by atoms with van der Waals surface area (Å²) in [6, 6.07) is 25.4. The first kappa shape index (κ1) is 23.1. The van der Waals surface area contributed by atoms with Gasteiger partial charge in [-0.2, -0.15) is 5.10 Å². The lowest BCUT2D eigenvalue weighted by atomic mass is 10.1. The van der Waals surface area contributed by atoms with E-state index < -0.39 is 29.3 Å². The zero-order valence-electron chi connectivity index (χ0n) is 18.7. The number of amides is 1. The number of carbonyl (C=O) groups is 2. The number of aromatic nitrogens is 2. The second kappa shape index (κ2) is 10.3. The predicted octanol–water partition coefficient (Wildman–Crippen LogP) is 4.38. The van der Waals surface area contributed by atoms with Crippen LogP contribution >= 0.6 is 0 Å². The summed E-state index contributed by atoms with van der Waals surface area (Å²) in [7, 11) is -1.14. The van der Waals surface area contributed by atoms with Crippen LogP contribution in [0, 0.1) is 6.92 Å². The first-order valence-corrected chi connectivity index (χ1v) is 12.1. The molecule has 0 radical (unpaired) electrons. The molecule has 3 aromatic carbocycles. The maximum absolute atomic E-state index is 12.6. The molecule has 0 unspecified atom stereocenters. The largest absolute Gasteiger partial charge is 0.452 e. The SMILES string of the molecule is Cc1ccc(-c2cc(NC(=O)COC(=O)c3ccc([S@@](C)=O)cc3)n(-c3ccccc3)n2)cc1. The van der Waals surface area contributed by atoms with Crippen LogP contribution in [0.5, 0.6) is 0 Å². The van der Waals surface area contributed by atoms with Crippen LogP contribution < -0.4 is 5.32 Å². The van der Waals surface area contributed by atoms with Crippen LogP contribution in [-0.4, -0.2) is 38.7 Å². The quantitative estimate of drug-likeness (QED) is 0.402. The number of carbonyl (C=O) groups excluding carboxylic acids is 2. The third-order valence-corrected chi connectivity index (χ3v) is 6.02. The molecule has 4 aromatic rings. The molecule has 1 atom stereocenters. The van der Waals surface area contributed by atoms with Crippen molar-refractivity contribution < 1.29 is 18.5 Å². The lowest BCUT2D eigenvalue weighted by molar-refractivity contribution is -0.119. The molecule has 4 rings (SSSR count). The van der Waals surface area contributed by atoms with Gasteiger partial charge in [0.2, 0.25) is 0 Å². The summed E-state index contributed by atoms with van der Waals surface area (Å²) in [6.45, 7) is 1.55. The van der Waals surface area contributed by atoms with E-state index in [4.69, 9.17) is 4.74 Å². The van der Waals surface area contributed by atoms with Gasteiger partial charge in [-0.1, -0.05) is 48.0 Å². The van der Waals surface area contributed by atoms with E-state index >= 15 is 0 Å². The number of rotatable bonds is 7. The summed E-state index contributed by atoms with van der Waals surface area (Å²) in [5.41, 5.74) is 3.81. The van der Waals surface area contributed by atoms with Crippen LogP contribution in [0.25, 0.3) is 16.9 Å². The zero-order valence-corrected chi connectivity index (χ0v) is 19.5. The summed E-state index contributed by atoms with van der Waals surface area (Å²) in [6.07, 6.45) is 1.56. The Balaban J connectivity index is 1.49. The van der Waals surface area contributed by atoms with Crippen LogP contribution in [0.3, 0.4) is 0 Å². The molecule has 0 aliphatic carbocycles. The van der Waals surface area contributed by atoms with E-state index in [2.05, 4.69) is 10.4 Å². The van der Waals surface area contributed by atoms with Gasteiger partial charge >= 0.3 is 5.97 Å². The average molecular weight is 474 g/mol. The first-order chi connectivity index (χ1) is 16.4. The van der Waals surface area contributed by atoms with Gasteiger partial charge in [0, 0.05) is 33.6 Å². The second-order valence-electron chi connectivity index (χ2n) is 7.63. The fraction of sp³-hybridized carbons (Fsp3) is 0.115. The second-order valence-corrected chi connectivity index (χ2v) is 9.01. The van der Waals surface area contributed by atoms with Crippen molar-refractivity contribution >= 4 is 28.5 Å². The molecule has 1 heterocycles. The Morgan fingerprint density at radius 1 is 0.971 bits per heavy atom. The zero-order chi connectivity index (χ0) is 24.1. The Morgan fingerprint density at radius 3 is 2.29 bits per heavy atom. The summed E-state index contributed by atoms with van der Waals surface area (Å²) in [4.78, 5) is 25.5. The maximum atomic E-state index is 12.6. The Labute approximate surface area is 199 Å². The van der Waals surface area contributed by atoms with Gasteiger partial charge in [0.15, 0.2) is 6.61 Å². The number of esters is 1. The van der Waals surface area contributed by atoms with Crippen molar-refractivity contribution in [2.75, 3.05) is 18.2 Å². The van der Waals surface area contributed by atoms with Gasteiger partial charge < -0.3 is 10.1 Å². The van der Waals surface area contributed by atoms with Gasteiger partial charge in [-0.05, 0) is 43.3 Å². The summed E-state index contributed by atoms with van der Waals surface area (Å²) in [5.74, 6) is -0.676. The van der Waals surface area contributed by atoms with Gasteiger partial charge in [0.25, 0.3) is 5.91 Å². The minimum atomic E-state index is -1.14. The van der Waals surface area contributed by atoms with Crippen LogP contribution in [0.15, 0.2) is 89.8 Å². The summed E-state index contributed by atoms with van der Waals surface area (Å²) < 4.78 is 18.3. The molecular formula is C26H23N3O4S. The number of anilines is 1. The standard InChI is InChI=1S/C26H23N3O4S/c1-18-8-10-19(11-9-18)23-16-24(29(28-23)21-6-4-3-5-7-21)27-25(30)17-33-26(31)20-12-14-22(15-13-20)34(2)32/h3-16H,17H2,1-2H3,(H,27,30)/t34-/m1/s1. The topological polar surface area (TPSA) is 90.3 Å². The first-order valence-electron chi connectivity index (χ1n) is 10.5. The molecule has 0 spiro atoms. The lowest BCUT2D eigenvalue weighted by Crippen LogP contribution is -2.22. The maximum Gasteiger partial charge on any atom is 0.338 e. The number of nitrogens with one attached hydrogen (secondary N) is 1. The molecule has 172 valence electrons. The Bertz CT molecular complexity index is 1330. The molecule has 1 amide bonds. The highest BCUT2D eigenvalue weighted by Crippen LogP contribution is 2.25. The summed E-state index contributed by atoms with van der Waals surface area (Å²) in [5, 5.41) is 7.45. The smallest absolute Gasteiger partial charge is 0.338 e. The Hall–Kier alpha value is -4.04. The normalized spacial score (nSPS) is 11.6. The van der Waals surface area contributed by atoms with Gasteiger partial charge in [0.1, 0.15) is 5.82 Å². The fourth-order valence-electron chi connectivity index (χ4n) is 3.28. The van der Waals surface area contributed by atoms with Gasteiger partial charge in [-0.15, -0.1) is 0 Å². The minimum absolute atomic E-state index is 0.276. The van der Waals surface area contributed by atoms with E-state index in [1.807, 2.05) is 61.5 Å². The van der Waals surface area contributed by atoms with Crippen LogP contribution in [0.1, 0.15) is 15.9 Å². The molecule has 0 fully saturated rings. The molecule has 1 aromatic heterocycles. The van der Waals surface area contributed by atoms with Crippen molar-refractivity contribution in [3.63, 3.8) is 0 Å². The molecule has 1 N–H and O–H groups in total. The van der Waals surface area contributed by atoms with Crippen molar-refractivity contribution in [3.8, 4) is 16.9 Å². The van der Waals surface area contributed by atoms with E-state index in [0.717, 1.165) is 16.8 Å². The number of aryl methyl sites for hydroxylation is 1. The van der Waals surface area contributed by atoms with Crippen LogP contribution in [-0.2, 0) is 20.3 Å². The molecule has 0 bridgehead atoms. The molecule has 0 saturated carbocycles. The number of ether oxygens (including phenoxy) is 1. The molecule has 0 aliphatic rings. The van der Waals surface area contributed by atoms with Gasteiger partial charge in [-0.25, -0.2) is 9.48 Å². The van der Waals surface area contributed by atoms with Crippen molar-refractivity contribution in [2.24, 2.45) is 0 Å². The van der Waals surface area contributed by atoms with Crippen molar-refractivity contribution in [1.82, 2.24) is 9.78 Å². The van der Waals surface area contributed by atoms with E-state index in [1.54, 1.807) is 29.1 Å². The molecule has 7 nitrogen and oxygen atoms in total. The Morgan fingerprint density at radius 2 is 1.65 bits per heavy atom. The number of benzene rings is 3. The van der Waals surface area contributed by atoms with E-state index in [1.165, 1.54) is 12.1 Å². The Kier molecular flexibility index (Phi) is 6.98. The summed E-state index contributed by atoms with van der Waals surface area (Å²) >= 11 is 0. The number of nitrogens with zero attached hydrogens (tertiary/aromatic N) is 2. The third kappa shape index (κ3) is 5.47. The highest BCUT2D eigenvalue weighted by Gasteiger charge is 2.16. The lowest BCUT2D eigenvalue weighted by Gasteiger charge is -2.09. The third-order valence-electron chi connectivity index (χ3n) is 5.08. The monoisotopic (exact) mass is 473 g/mol. The van der Waals surface area contributed by atoms with Crippen molar-refractivity contribution in [3.05, 3.63) is 96.1 Å². The van der Waals surface area contributed by atoms with Crippen LogP contribution in [0.4, 0.5) is 5.82 Å². The number of hydrogen-bond acceptors (Lipinski definition) is 5. The highest BCUT2D eigenvalue weighted by molar-refractivity contribution is 7.84. The fourth-order valence-corrected chi connectivity index (χ4v) is 3.80. The highest BCUT2D eigenvalue weighted by atomic mass is 32.2. The number of hydrogen-bond donors (Lipinski definition) is 1. The minimum Gasteiger partial charge on any atom is -0.452 e. The van der Waals surface area contributed by atoms with Crippen molar-refractivity contribution in [2.45, 2.75) is 11.8 Å². The van der Waals surface area contributed by atoms with Gasteiger partial charge in [-0.3, -0.25) is 9.00 Å².